The molecule has 4 aromatic rings. The van der Waals surface area contributed by atoms with Gasteiger partial charge < -0.3 is 14.4 Å². The fourth-order valence-electron chi connectivity index (χ4n) is 9.82. The quantitative estimate of drug-likeness (QED) is 0.132. The maximum atomic E-state index is 17.6. The number of benzene rings is 2. The number of anilines is 2. The fraction of sp³-hybridized carbons (Fsp3) is 0.556. The lowest BCUT2D eigenvalue weighted by Gasteiger charge is -2.40. The maximum absolute atomic E-state index is 17.6. The minimum absolute atomic E-state index is 0.00629. The number of rotatable bonds is 9. The Morgan fingerprint density at radius 3 is 2.43 bits per heavy atom. The van der Waals surface area contributed by atoms with Gasteiger partial charge in [-0.05, 0) is 93.7 Å². The Morgan fingerprint density at radius 2 is 1.79 bits per heavy atom. The summed E-state index contributed by atoms with van der Waals surface area (Å²) in [5.41, 5.74) is 3.95. The van der Waals surface area contributed by atoms with Gasteiger partial charge >= 0.3 is 12.1 Å². The summed E-state index contributed by atoms with van der Waals surface area (Å²) in [4.78, 5) is 31.5. The third kappa shape index (κ3) is 7.62. The van der Waals surface area contributed by atoms with Crippen molar-refractivity contribution in [1.29, 1.82) is 0 Å². The smallest absolute Gasteiger partial charge is 0.412 e. The van der Waals surface area contributed by atoms with E-state index in [1.807, 2.05) is 0 Å². The Labute approximate surface area is 341 Å². The van der Waals surface area contributed by atoms with E-state index in [0.717, 1.165) is 25.8 Å². The van der Waals surface area contributed by atoms with Crippen LogP contribution in [0.25, 0.3) is 32.9 Å². The molecular weight excluding hydrogens is 758 g/mol. The van der Waals surface area contributed by atoms with Crippen molar-refractivity contribution in [3.05, 3.63) is 47.7 Å². The molecule has 0 aliphatic carbocycles. The minimum atomic E-state index is -2.34. The standard InChI is InChI=1S/C45H57F3N6O3Si/c1-26(2)58(27(3)4,28(5)6)19-15-33-36(47)13-12-30-20-32(50-43(55)57-44(8,9)10)21-34(37(30)33)39-38(48)40-35(41(51-39)54-18-14-29(54)7)23-49-42(52-40)56-25-45-16-11-17-53(45)24-31(46)22-45/h12-13,20-21,23,26-29,31H,11,14,16-18,22,24-25H2,1-10H3,(H,50,55)/t29-,31+,45-/m0/s1. The highest BCUT2D eigenvalue weighted by Gasteiger charge is 2.49. The van der Waals surface area contributed by atoms with Gasteiger partial charge in [0.1, 0.15) is 49.3 Å². The van der Waals surface area contributed by atoms with Crippen LogP contribution in [0.1, 0.15) is 100 Å². The molecule has 13 heteroatoms. The number of fused-ring (bicyclic) bond motifs is 3. The highest BCUT2D eigenvalue weighted by atomic mass is 28.3. The lowest BCUT2D eigenvalue weighted by atomic mass is 9.95. The van der Waals surface area contributed by atoms with Crippen molar-refractivity contribution in [2.24, 2.45) is 0 Å². The van der Waals surface area contributed by atoms with Crippen LogP contribution >= 0.6 is 0 Å². The van der Waals surface area contributed by atoms with E-state index in [-0.39, 0.29) is 41.0 Å². The second kappa shape index (κ2) is 15.6. The Hall–Kier alpha value is -4.41. The van der Waals surface area contributed by atoms with E-state index in [1.54, 1.807) is 39.0 Å². The molecule has 0 spiro atoms. The zero-order chi connectivity index (χ0) is 41.9. The summed E-state index contributed by atoms with van der Waals surface area (Å²) in [6, 6.07) is 6.40. The van der Waals surface area contributed by atoms with Gasteiger partial charge in [-0.2, -0.15) is 4.98 Å². The summed E-state index contributed by atoms with van der Waals surface area (Å²) >= 11 is 0. The number of alkyl halides is 1. The number of amides is 1. The van der Waals surface area contributed by atoms with Crippen molar-refractivity contribution in [3.63, 3.8) is 0 Å². The van der Waals surface area contributed by atoms with Gasteiger partial charge in [0.2, 0.25) is 0 Å². The van der Waals surface area contributed by atoms with E-state index >= 15 is 8.78 Å². The van der Waals surface area contributed by atoms with Gasteiger partial charge in [0.15, 0.2) is 5.82 Å². The van der Waals surface area contributed by atoms with Crippen LogP contribution in [0.3, 0.4) is 0 Å². The molecule has 0 bridgehead atoms. The molecule has 3 aliphatic rings. The molecule has 1 N–H and O–H groups in total. The van der Waals surface area contributed by atoms with Gasteiger partial charge in [0.05, 0.1) is 16.5 Å². The highest BCUT2D eigenvalue weighted by molar-refractivity contribution is 6.90. The predicted molar refractivity (Wildman–Crippen MR) is 228 cm³/mol. The maximum Gasteiger partial charge on any atom is 0.412 e. The van der Waals surface area contributed by atoms with Crippen molar-refractivity contribution in [2.45, 2.75) is 135 Å². The number of aromatic nitrogens is 3. The largest absolute Gasteiger partial charge is 0.461 e. The SMILES string of the molecule is CC(C)[Si](C#Cc1c(F)ccc2cc(NC(=O)OC(C)(C)C)cc(-c3nc(N4CC[C@@H]4C)c4cnc(OC[C@@]56CCCN5C[C@H](F)C6)nc4c3F)c12)(C(C)C)C(C)C. The number of halogens is 3. The molecule has 3 saturated heterocycles. The molecule has 5 heterocycles. The Morgan fingerprint density at radius 1 is 1.07 bits per heavy atom. The van der Waals surface area contributed by atoms with Crippen LogP contribution in [-0.2, 0) is 4.74 Å². The van der Waals surface area contributed by atoms with Crippen molar-refractivity contribution in [1.82, 2.24) is 19.9 Å². The number of ether oxygens (including phenoxy) is 2. The fourth-order valence-corrected chi connectivity index (χ4v) is 15.0. The molecule has 3 fully saturated rings. The molecule has 0 radical (unpaired) electrons. The molecule has 2 aromatic carbocycles. The summed E-state index contributed by atoms with van der Waals surface area (Å²) < 4.78 is 60.3. The van der Waals surface area contributed by atoms with Crippen molar-refractivity contribution < 1.29 is 27.4 Å². The number of nitrogens with one attached hydrogen (secondary N) is 1. The van der Waals surface area contributed by atoms with Gasteiger partial charge in [-0.15, -0.1) is 5.54 Å². The first-order chi connectivity index (χ1) is 27.3. The van der Waals surface area contributed by atoms with Crippen LogP contribution in [0.5, 0.6) is 6.01 Å². The Balaban J connectivity index is 1.45. The van der Waals surface area contributed by atoms with Gasteiger partial charge in [-0.3, -0.25) is 10.2 Å². The van der Waals surface area contributed by atoms with E-state index < -0.39 is 43.1 Å². The number of nitrogens with zero attached hydrogens (tertiary/aromatic N) is 5. The number of carbonyl (C=O) groups is 1. The molecule has 9 nitrogen and oxygen atoms in total. The zero-order valence-corrected chi connectivity index (χ0v) is 36.5. The minimum Gasteiger partial charge on any atom is -0.461 e. The topological polar surface area (TPSA) is 92.7 Å². The molecular formula is C45H57F3N6O3Si. The Kier molecular flexibility index (Phi) is 11.3. The van der Waals surface area contributed by atoms with Crippen LogP contribution in [0.2, 0.25) is 16.6 Å². The molecule has 1 amide bonds. The van der Waals surface area contributed by atoms with Crippen molar-refractivity contribution in [3.8, 4) is 28.7 Å². The van der Waals surface area contributed by atoms with Gasteiger partial charge in [-0.25, -0.2) is 27.9 Å². The van der Waals surface area contributed by atoms with Gasteiger partial charge in [-0.1, -0.05) is 53.5 Å². The van der Waals surface area contributed by atoms with E-state index in [9.17, 15) is 9.18 Å². The predicted octanol–water partition coefficient (Wildman–Crippen LogP) is 10.6. The number of hydrogen-bond donors (Lipinski definition) is 1. The van der Waals surface area contributed by atoms with E-state index in [0.29, 0.717) is 63.8 Å². The molecule has 3 atom stereocenters. The molecule has 0 unspecified atom stereocenters. The second-order valence-corrected chi connectivity index (χ2v) is 24.1. The normalized spacial score (nSPS) is 21.1. The number of hydrogen-bond acceptors (Lipinski definition) is 8. The summed E-state index contributed by atoms with van der Waals surface area (Å²) in [6.07, 6.45) is 2.96. The van der Waals surface area contributed by atoms with Gasteiger partial charge in [0, 0.05) is 48.4 Å². The summed E-state index contributed by atoms with van der Waals surface area (Å²) in [5.74, 6) is 2.53. The van der Waals surface area contributed by atoms with E-state index in [4.69, 9.17) is 14.5 Å². The first-order valence-corrected chi connectivity index (χ1v) is 23.0. The third-order valence-corrected chi connectivity index (χ3v) is 19.0. The summed E-state index contributed by atoms with van der Waals surface area (Å²) in [6.45, 7) is 22.6. The van der Waals surface area contributed by atoms with Crippen LogP contribution in [-0.4, -0.2) is 83.6 Å². The van der Waals surface area contributed by atoms with E-state index in [1.165, 1.54) is 12.3 Å². The average Bonchev–Trinajstić information content (AvgIpc) is 3.66. The molecule has 310 valence electrons. The summed E-state index contributed by atoms with van der Waals surface area (Å²) in [7, 11) is -2.34. The van der Waals surface area contributed by atoms with Crippen LogP contribution < -0.4 is 15.0 Å². The Bertz CT molecular complexity index is 2280. The lowest BCUT2D eigenvalue weighted by Crippen LogP contribution is -2.46. The zero-order valence-electron chi connectivity index (χ0n) is 35.5. The average molecular weight is 815 g/mol. The van der Waals surface area contributed by atoms with Crippen LogP contribution in [0.15, 0.2) is 30.5 Å². The second-order valence-electron chi connectivity index (χ2n) is 18.5. The van der Waals surface area contributed by atoms with Crippen LogP contribution in [0, 0.1) is 23.1 Å². The first-order valence-electron chi connectivity index (χ1n) is 20.8. The molecule has 2 aromatic heterocycles. The molecule has 0 saturated carbocycles. The van der Waals surface area contributed by atoms with Crippen LogP contribution in [0.4, 0.5) is 29.5 Å². The number of carbonyl (C=O) groups excluding carboxylic acids is 1. The first kappa shape index (κ1) is 41.7. The van der Waals surface area contributed by atoms with Crippen molar-refractivity contribution in [2.75, 3.05) is 36.5 Å². The molecule has 7 rings (SSSR count). The third-order valence-electron chi connectivity index (χ3n) is 12.7. The molecule has 58 heavy (non-hydrogen) atoms. The number of pyridine rings is 1. The van der Waals surface area contributed by atoms with Crippen molar-refractivity contribution >= 4 is 47.3 Å². The highest BCUT2D eigenvalue weighted by Crippen LogP contribution is 2.44. The van der Waals surface area contributed by atoms with E-state index in [2.05, 4.69) is 85.0 Å². The monoisotopic (exact) mass is 814 g/mol. The lowest BCUT2D eigenvalue weighted by molar-refractivity contribution is 0.0636. The summed E-state index contributed by atoms with van der Waals surface area (Å²) in [5, 5.41) is 4.13. The molecule has 3 aliphatic heterocycles. The van der Waals surface area contributed by atoms with Gasteiger partial charge in [0.25, 0.3) is 0 Å².